The van der Waals surface area contributed by atoms with Crippen molar-refractivity contribution in [2.45, 2.75) is 0 Å². The molecule has 140 valence electrons. The lowest BCUT2D eigenvalue weighted by Crippen LogP contribution is -2.50. The lowest BCUT2D eigenvalue weighted by molar-refractivity contribution is -0.133. The highest BCUT2D eigenvalue weighted by Crippen LogP contribution is 2.30. The Hall–Kier alpha value is -2.38. The van der Waals surface area contributed by atoms with Gasteiger partial charge in [0.2, 0.25) is 0 Å². The van der Waals surface area contributed by atoms with Crippen molar-refractivity contribution in [3.8, 4) is 5.75 Å². The van der Waals surface area contributed by atoms with Crippen molar-refractivity contribution < 1.29 is 13.9 Å². The molecule has 2 aromatic carbocycles. The molecule has 0 aliphatic carbocycles. The van der Waals surface area contributed by atoms with Gasteiger partial charge in [0.1, 0.15) is 17.1 Å². The van der Waals surface area contributed by atoms with Crippen LogP contribution in [-0.2, 0) is 4.79 Å². The van der Waals surface area contributed by atoms with Crippen LogP contribution in [0.5, 0.6) is 5.75 Å². The predicted molar refractivity (Wildman–Crippen MR) is 105 cm³/mol. The van der Waals surface area contributed by atoms with Crippen LogP contribution < -0.4 is 9.64 Å². The molecule has 0 saturated carbocycles. The van der Waals surface area contributed by atoms with Gasteiger partial charge in [0.05, 0.1) is 4.70 Å². The molecule has 27 heavy (non-hydrogen) atoms. The summed E-state index contributed by atoms with van der Waals surface area (Å²) in [5, 5.41) is 1.42. The van der Waals surface area contributed by atoms with Crippen LogP contribution in [0.15, 0.2) is 42.5 Å². The van der Waals surface area contributed by atoms with E-state index in [0.29, 0.717) is 42.5 Å². The quantitative estimate of drug-likeness (QED) is 0.662. The number of hydrogen-bond acceptors (Lipinski definition) is 5. The molecule has 1 saturated heterocycles. The number of benzene rings is 2. The van der Waals surface area contributed by atoms with Gasteiger partial charge in [0, 0.05) is 31.2 Å². The molecule has 0 bridgehead atoms. The maximum Gasteiger partial charge on any atom is 0.260 e. The number of aromatic nitrogens is 1. The monoisotopic (exact) mass is 405 g/mol. The smallest absolute Gasteiger partial charge is 0.260 e. The van der Waals surface area contributed by atoms with Crippen molar-refractivity contribution in [3.05, 3.63) is 53.3 Å². The normalized spacial score (nSPS) is 14.6. The third-order valence-electron chi connectivity index (χ3n) is 4.44. The van der Waals surface area contributed by atoms with Crippen molar-refractivity contribution in [2.24, 2.45) is 0 Å². The number of halogens is 2. The molecule has 0 N–H and O–H groups in total. The number of rotatable bonds is 4. The number of nitrogens with zero attached hydrogens (tertiary/aromatic N) is 3. The van der Waals surface area contributed by atoms with Crippen LogP contribution in [0.3, 0.4) is 0 Å². The number of fused-ring (bicyclic) bond motifs is 1. The van der Waals surface area contributed by atoms with Gasteiger partial charge < -0.3 is 14.5 Å². The molecule has 1 amide bonds. The zero-order valence-corrected chi connectivity index (χ0v) is 16.0. The van der Waals surface area contributed by atoms with Gasteiger partial charge in [-0.05, 0) is 36.4 Å². The number of anilines is 1. The van der Waals surface area contributed by atoms with Gasteiger partial charge in [-0.15, -0.1) is 0 Å². The molecule has 8 heteroatoms. The standard InChI is InChI=1S/C19H17ClFN3O2S/c20-13-4-6-14(7-5-13)26-12-17(25)23-8-10-24(11-9-23)19-22-18-15(21)2-1-3-16(18)27-19/h1-7H,8-12H2. The lowest BCUT2D eigenvalue weighted by Gasteiger charge is -2.34. The fraction of sp³-hybridized carbons (Fsp3) is 0.263. The summed E-state index contributed by atoms with van der Waals surface area (Å²) in [6, 6.07) is 11.9. The van der Waals surface area contributed by atoms with Gasteiger partial charge in [-0.1, -0.05) is 29.0 Å². The topological polar surface area (TPSA) is 45.7 Å². The summed E-state index contributed by atoms with van der Waals surface area (Å²) in [6.45, 7) is 2.48. The van der Waals surface area contributed by atoms with Crippen LogP contribution in [0, 0.1) is 5.82 Å². The molecule has 0 atom stereocenters. The fourth-order valence-electron chi connectivity index (χ4n) is 2.95. The summed E-state index contributed by atoms with van der Waals surface area (Å²) in [4.78, 5) is 20.6. The van der Waals surface area contributed by atoms with Crippen molar-refractivity contribution in [1.29, 1.82) is 0 Å². The first-order valence-corrected chi connectivity index (χ1v) is 9.76. The molecular weight excluding hydrogens is 389 g/mol. The molecule has 0 spiro atoms. The van der Waals surface area contributed by atoms with Gasteiger partial charge in [0.25, 0.3) is 5.91 Å². The molecule has 1 aliphatic rings. The maximum atomic E-state index is 13.8. The minimum atomic E-state index is -0.303. The van der Waals surface area contributed by atoms with E-state index in [1.807, 2.05) is 6.07 Å². The number of piperazine rings is 1. The minimum Gasteiger partial charge on any atom is -0.484 e. The van der Waals surface area contributed by atoms with Crippen molar-refractivity contribution in [1.82, 2.24) is 9.88 Å². The van der Waals surface area contributed by atoms with E-state index in [2.05, 4.69) is 9.88 Å². The molecule has 2 heterocycles. The van der Waals surface area contributed by atoms with E-state index in [1.165, 1.54) is 17.4 Å². The Balaban J connectivity index is 1.33. The van der Waals surface area contributed by atoms with Gasteiger partial charge in [-0.3, -0.25) is 4.79 Å². The third-order valence-corrected chi connectivity index (χ3v) is 5.77. The average molecular weight is 406 g/mol. The number of carbonyl (C=O) groups excluding carboxylic acids is 1. The van der Waals surface area contributed by atoms with Crippen LogP contribution in [-0.4, -0.2) is 48.6 Å². The van der Waals surface area contributed by atoms with Crippen LogP contribution >= 0.6 is 22.9 Å². The Bertz CT molecular complexity index is 955. The van der Waals surface area contributed by atoms with Crippen molar-refractivity contribution in [2.75, 3.05) is 37.7 Å². The first kappa shape index (κ1) is 18.0. The Morgan fingerprint density at radius 1 is 1.15 bits per heavy atom. The van der Waals surface area contributed by atoms with Crippen LogP contribution in [0.1, 0.15) is 0 Å². The highest BCUT2D eigenvalue weighted by molar-refractivity contribution is 7.22. The van der Waals surface area contributed by atoms with Crippen LogP contribution in [0.4, 0.5) is 9.52 Å². The van der Waals surface area contributed by atoms with Crippen molar-refractivity contribution in [3.63, 3.8) is 0 Å². The number of hydrogen-bond donors (Lipinski definition) is 0. The molecule has 0 unspecified atom stereocenters. The van der Waals surface area contributed by atoms with E-state index in [9.17, 15) is 9.18 Å². The van der Waals surface area contributed by atoms with E-state index in [0.717, 1.165) is 9.83 Å². The highest BCUT2D eigenvalue weighted by atomic mass is 35.5. The zero-order chi connectivity index (χ0) is 18.8. The number of para-hydroxylation sites is 1. The van der Waals surface area contributed by atoms with Crippen molar-refractivity contribution >= 4 is 44.2 Å². The molecule has 4 rings (SSSR count). The molecule has 1 aromatic heterocycles. The summed E-state index contributed by atoms with van der Waals surface area (Å²) in [5.41, 5.74) is 0.410. The van der Waals surface area contributed by atoms with Crippen LogP contribution in [0.2, 0.25) is 5.02 Å². The number of carbonyl (C=O) groups is 1. The summed E-state index contributed by atoms with van der Waals surface area (Å²) in [7, 11) is 0. The van der Waals surface area contributed by atoms with Gasteiger partial charge in [0.15, 0.2) is 11.7 Å². The molecular formula is C19H17ClFN3O2S. The maximum absolute atomic E-state index is 13.8. The van der Waals surface area contributed by atoms with Crippen LogP contribution in [0.25, 0.3) is 10.2 Å². The number of ether oxygens (including phenoxy) is 1. The third kappa shape index (κ3) is 3.99. The van der Waals surface area contributed by atoms with Gasteiger partial charge in [-0.25, -0.2) is 9.37 Å². The molecule has 1 fully saturated rings. The Kier molecular flexibility index (Phi) is 5.13. The van der Waals surface area contributed by atoms with E-state index in [-0.39, 0.29) is 18.3 Å². The average Bonchev–Trinajstić information content (AvgIpc) is 3.13. The van der Waals surface area contributed by atoms with E-state index in [1.54, 1.807) is 35.2 Å². The zero-order valence-electron chi connectivity index (χ0n) is 14.4. The molecule has 3 aromatic rings. The fourth-order valence-corrected chi connectivity index (χ4v) is 4.11. The summed E-state index contributed by atoms with van der Waals surface area (Å²) in [6.07, 6.45) is 0. The predicted octanol–water partition coefficient (Wildman–Crippen LogP) is 3.82. The second kappa shape index (κ2) is 7.70. The number of amides is 1. The SMILES string of the molecule is O=C(COc1ccc(Cl)cc1)N1CCN(c2nc3c(F)cccc3s2)CC1. The van der Waals surface area contributed by atoms with E-state index in [4.69, 9.17) is 16.3 Å². The second-order valence-electron chi connectivity index (χ2n) is 6.19. The first-order chi connectivity index (χ1) is 13.1. The van der Waals surface area contributed by atoms with Gasteiger partial charge in [-0.2, -0.15) is 0 Å². The molecule has 5 nitrogen and oxygen atoms in total. The molecule has 0 radical (unpaired) electrons. The summed E-state index contributed by atoms with van der Waals surface area (Å²) < 4.78 is 20.2. The number of thiazole rings is 1. The molecule has 1 aliphatic heterocycles. The largest absolute Gasteiger partial charge is 0.484 e. The Morgan fingerprint density at radius 2 is 1.89 bits per heavy atom. The summed E-state index contributed by atoms with van der Waals surface area (Å²) in [5.74, 6) is 0.256. The highest BCUT2D eigenvalue weighted by Gasteiger charge is 2.23. The summed E-state index contributed by atoms with van der Waals surface area (Å²) >= 11 is 7.31. The first-order valence-electron chi connectivity index (χ1n) is 8.56. The minimum absolute atomic E-state index is 0.00597. The second-order valence-corrected chi connectivity index (χ2v) is 7.64. The Morgan fingerprint density at radius 3 is 2.59 bits per heavy atom. The Labute approximate surface area is 164 Å². The lowest BCUT2D eigenvalue weighted by atomic mass is 10.3. The van der Waals surface area contributed by atoms with Gasteiger partial charge >= 0.3 is 0 Å². The van der Waals surface area contributed by atoms with E-state index < -0.39 is 0 Å². The van der Waals surface area contributed by atoms with E-state index >= 15 is 0 Å².